The van der Waals surface area contributed by atoms with Crippen LogP contribution in [0, 0.1) is 5.82 Å². The predicted molar refractivity (Wildman–Crippen MR) is 165 cm³/mol. The number of carbonyl (C=O) groups is 1. The van der Waals surface area contributed by atoms with Gasteiger partial charge in [-0.2, -0.15) is 13.2 Å². The molecule has 6 rings (SSSR count). The van der Waals surface area contributed by atoms with Crippen LogP contribution in [0.25, 0.3) is 22.4 Å². The van der Waals surface area contributed by atoms with Gasteiger partial charge in [0.05, 0.1) is 6.10 Å². The van der Waals surface area contributed by atoms with Gasteiger partial charge in [0, 0.05) is 58.4 Å². The summed E-state index contributed by atoms with van der Waals surface area (Å²) < 4.78 is 64.5. The molecule has 2 aromatic heterocycles. The van der Waals surface area contributed by atoms with Gasteiger partial charge in [-0.1, -0.05) is 13.0 Å². The summed E-state index contributed by atoms with van der Waals surface area (Å²) in [5, 5.41) is 3.00. The number of aromatic nitrogens is 2. The number of hydrogen-bond acceptors (Lipinski definition) is 7. The maximum Gasteiger partial charge on any atom is 0.399 e. The molecule has 1 fully saturated rings. The van der Waals surface area contributed by atoms with Gasteiger partial charge in [-0.3, -0.25) is 9.78 Å². The lowest BCUT2D eigenvalue weighted by Crippen LogP contribution is -2.22. The summed E-state index contributed by atoms with van der Waals surface area (Å²) in [5.74, 6) is -1.21. The summed E-state index contributed by atoms with van der Waals surface area (Å²) in [5.41, 5.74) is 8.54. The summed E-state index contributed by atoms with van der Waals surface area (Å²) in [7, 11) is 3.27. The number of ether oxygens (including phenoxy) is 2. The van der Waals surface area contributed by atoms with Crippen LogP contribution in [0.4, 0.5) is 17.6 Å². The standard InChI is InChI=1S/C18H18F4N2O.C15H13NO2.CH5N/c1-10(8-23-2)15-7-13-14(18(20,21)22)9-25-17(13)16(24-15)11-3-5-12(19)6-4-11;17-10-11-3-6-15(18-13-4-5-13)14(8-11)12-2-1-7-16-9-12;1-2/h3-7,10,14,23H,8-9H2,1-2H3;1-3,6-10,13H,4-5H2;2H2,1H3. The Morgan fingerprint density at radius 3 is 2.42 bits per heavy atom. The Hall–Kier alpha value is -4.35. The number of nitrogens with two attached hydrogens (primary N) is 1. The van der Waals surface area contributed by atoms with Crippen LogP contribution < -0.4 is 20.5 Å². The fraction of sp³-hybridized carbons (Fsp3) is 0.324. The number of benzene rings is 2. The van der Waals surface area contributed by atoms with Gasteiger partial charge in [0.1, 0.15) is 41.8 Å². The molecule has 1 aliphatic carbocycles. The second-order valence-electron chi connectivity index (χ2n) is 10.6. The van der Waals surface area contributed by atoms with E-state index in [-0.39, 0.29) is 17.2 Å². The van der Waals surface area contributed by atoms with Crippen LogP contribution in [-0.2, 0) is 0 Å². The summed E-state index contributed by atoms with van der Waals surface area (Å²) in [6, 6.07) is 16.3. The van der Waals surface area contributed by atoms with Crippen molar-refractivity contribution in [3.05, 3.63) is 95.7 Å². The van der Waals surface area contributed by atoms with Crippen molar-refractivity contribution in [2.24, 2.45) is 5.73 Å². The number of nitrogens with zero attached hydrogens (tertiary/aromatic N) is 2. The Bertz CT molecular complexity index is 1560. The Labute approximate surface area is 259 Å². The van der Waals surface area contributed by atoms with Crippen LogP contribution >= 0.6 is 0 Å². The molecule has 2 aliphatic rings. The van der Waals surface area contributed by atoms with Crippen molar-refractivity contribution in [3.63, 3.8) is 0 Å². The van der Waals surface area contributed by atoms with Crippen molar-refractivity contribution in [2.45, 2.75) is 43.9 Å². The zero-order chi connectivity index (χ0) is 32.6. The molecule has 0 spiro atoms. The van der Waals surface area contributed by atoms with E-state index >= 15 is 0 Å². The number of likely N-dealkylation sites (N-methyl/N-ethyl adjacent to an activating group) is 1. The largest absolute Gasteiger partial charge is 0.490 e. The van der Waals surface area contributed by atoms with Crippen molar-refractivity contribution >= 4 is 6.29 Å². The van der Waals surface area contributed by atoms with E-state index < -0.39 is 24.5 Å². The maximum atomic E-state index is 13.3. The zero-order valence-corrected chi connectivity index (χ0v) is 25.3. The van der Waals surface area contributed by atoms with E-state index in [0.717, 1.165) is 36.0 Å². The second kappa shape index (κ2) is 15.1. The fourth-order valence-corrected chi connectivity index (χ4v) is 4.81. The molecule has 11 heteroatoms. The highest BCUT2D eigenvalue weighted by molar-refractivity contribution is 5.81. The van der Waals surface area contributed by atoms with E-state index in [0.29, 0.717) is 35.2 Å². The smallest absolute Gasteiger partial charge is 0.399 e. The van der Waals surface area contributed by atoms with Crippen molar-refractivity contribution in [2.75, 3.05) is 27.2 Å². The lowest BCUT2D eigenvalue weighted by Gasteiger charge is -2.17. The number of hydrogen-bond donors (Lipinski definition) is 2. The second-order valence-corrected chi connectivity index (χ2v) is 10.6. The van der Waals surface area contributed by atoms with Crippen molar-refractivity contribution in [1.82, 2.24) is 15.3 Å². The number of aldehydes is 1. The van der Waals surface area contributed by atoms with E-state index in [4.69, 9.17) is 9.47 Å². The molecule has 0 saturated heterocycles. The molecule has 238 valence electrons. The van der Waals surface area contributed by atoms with Gasteiger partial charge in [0.25, 0.3) is 0 Å². The van der Waals surface area contributed by atoms with Crippen molar-refractivity contribution in [1.29, 1.82) is 0 Å². The molecule has 0 bridgehead atoms. The van der Waals surface area contributed by atoms with E-state index in [1.165, 1.54) is 37.4 Å². The molecule has 2 unspecified atom stereocenters. The maximum absolute atomic E-state index is 13.3. The summed E-state index contributed by atoms with van der Waals surface area (Å²) >= 11 is 0. The fourth-order valence-electron chi connectivity index (χ4n) is 4.81. The van der Waals surface area contributed by atoms with Crippen molar-refractivity contribution in [3.8, 4) is 33.9 Å². The van der Waals surface area contributed by atoms with E-state index in [1.54, 1.807) is 25.5 Å². The molecular formula is C34H36F4N4O3. The minimum Gasteiger partial charge on any atom is -0.490 e. The molecule has 45 heavy (non-hydrogen) atoms. The van der Waals surface area contributed by atoms with E-state index in [1.807, 2.05) is 31.2 Å². The summed E-state index contributed by atoms with van der Waals surface area (Å²) in [6.07, 6.45) is 2.53. The molecule has 1 saturated carbocycles. The van der Waals surface area contributed by atoms with Gasteiger partial charge in [-0.15, -0.1) is 0 Å². The third-order valence-electron chi connectivity index (χ3n) is 7.25. The number of carbonyl (C=O) groups excluding carboxylic acids is 1. The number of nitrogens with one attached hydrogen (secondary N) is 1. The molecular weight excluding hydrogens is 588 g/mol. The zero-order valence-electron chi connectivity index (χ0n) is 25.3. The van der Waals surface area contributed by atoms with E-state index in [2.05, 4.69) is 21.0 Å². The Morgan fingerprint density at radius 1 is 1.09 bits per heavy atom. The number of rotatable bonds is 8. The van der Waals surface area contributed by atoms with Crippen LogP contribution in [0.5, 0.6) is 11.5 Å². The first-order chi connectivity index (χ1) is 21.7. The third kappa shape index (κ3) is 8.43. The molecule has 4 aromatic rings. The first-order valence-corrected chi connectivity index (χ1v) is 14.6. The highest BCUT2D eigenvalue weighted by atomic mass is 19.4. The normalized spacial score (nSPS) is 15.8. The first-order valence-electron chi connectivity index (χ1n) is 14.6. The molecule has 7 nitrogen and oxygen atoms in total. The SMILES string of the molecule is CN.CNCC(C)c1cc2c(c(-c3ccc(F)cc3)n1)OCC2C(F)(F)F.O=Cc1ccc(OC2CC2)c(-c2cccnc2)c1. The van der Waals surface area contributed by atoms with Gasteiger partial charge in [0.15, 0.2) is 0 Å². The van der Waals surface area contributed by atoms with Crippen LogP contribution in [0.15, 0.2) is 73.1 Å². The number of alkyl halides is 3. The predicted octanol–water partition coefficient (Wildman–Crippen LogP) is 6.93. The van der Waals surface area contributed by atoms with E-state index in [9.17, 15) is 22.4 Å². The van der Waals surface area contributed by atoms with Crippen LogP contribution in [-0.4, -0.2) is 55.8 Å². The summed E-state index contributed by atoms with van der Waals surface area (Å²) in [6.45, 7) is 2.00. The first kappa shape index (κ1) is 33.5. The Kier molecular flexibility index (Phi) is 11.2. The Balaban J connectivity index is 0.000000203. The number of pyridine rings is 2. The molecule has 0 radical (unpaired) electrons. The molecule has 1 aliphatic heterocycles. The van der Waals surface area contributed by atoms with Gasteiger partial charge in [-0.05, 0) is 81.5 Å². The average Bonchev–Trinajstić information content (AvgIpc) is 3.76. The minimum absolute atomic E-state index is 0.0796. The average molecular weight is 625 g/mol. The molecule has 2 atom stereocenters. The highest BCUT2D eigenvalue weighted by Crippen LogP contribution is 2.48. The molecule has 2 aromatic carbocycles. The molecule has 0 amide bonds. The summed E-state index contributed by atoms with van der Waals surface area (Å²) in [4.78, 5) is 19.5. The van der Waals surface area contributed by atoms with Crippen molar-refractivity contribution < 1.29 is 31.8 Å². The van der Waals surface area contributed by atoms with Gasteiger partial charge in [-0.25, -0.2) is 9.37 Å². The number of fused-ring (bicyclic) bond motifs is 1. The van der Waals surface area contributed by atoms with Crippen LogP contribution in [0.2, 0.25) is 0 Å². The number of halogens is 4. The lowest BCUT2D eigenvalue weighted by atomic mass is 9.95. The van der Waals surface area contributed by atoms with Gasteiger partial charge >= 0.3 is 6.18 Å². The van der Waals surface area contributed by atoms with Crippen LogP contribution in [0.1, 0.15) is 53.2 Å². The lowest BCUT2D eigenvalue weighted by molar-refractivity contribution is -0.151. The highest BCUT2D eigenvalue weighted by Gasteiger charge is 2.47. The Morgan fingerprint density at radius 2 is 1.82 bits per heavy atom. The topological polar surface area (TPSA) is 99.4 Å². The monoisotopic (exact) mass is 624 g/mol. The van der Waals surface area contributed by atoms with Crippen LogP contribution in [0.3, 0.4) is 0 Å². The van der Waals surface area contributed by atoms with Gasteiger partial charge in [0.2, 0.25) is 0 Å². The minimum atomic E-state index is -4.39. The molecule has 3 heterocycles. The third-order valence-corrected chi connectivity index (χ3v) is 7.25. The quantitative estimate of drug-likeness (QED) is 0.162. The van der Waals surface area contributed by atoms with Gasteiger partial charge < -0.3 is 20.5 Å². The molecule has 3 N–H and O–H groups in total.